The molecule has 0 bridgehead atoms. The fourth-order valence-corrected chi connectivity index (χ4v) is 1.79. The number of rotatable bonds is 2. The molecule has 1 aliphatic rings. The predicted octanol–water partition coefficient (Wildman–Crippen LogP) is 0.454. The number of Topliss-reactive ketones (excluding diaryl/α,β-unsaturated/α-hetero) is 1. The molecule has 0 heterocycles. The van der Waals surface area contributed by atoms with Crippen LogP contribution in [0.3, 0.4) is 0 Å². The highest BCUT2D eigenvalue weighted by molar-refractivity contribution is 5.80. The van der Waals surface area contributed by atoms with Gasteiger partial charge in [-0.1, -0.05) is 0 Å². The Kier molecular flexibility index (Phi) is 3.23. The molecule has 0 spiro atoms. The molecule has 3 nitrogen and oxygen atoms in total. The highest BCUT2D eigenvalue weighted by atomic mass is 16.3. The van der Waals surface area contributed by atoms with Crippen LogP contribution in [0.5, 0.6) is 0 Å². The monoisotopic (exact) mass is 171 g/mol. The van der Waals surface area contributed by atoms with Gasteiger partial charge >= 0.3 is 0 Å². The van der Waals surface area contributed by atoms with Crippen LogP contribution in [-0.4, -0.2) is 23.0 Å². The summed E-state index contributed by atoms with van der Waals surface area (Å²) >= 11 is 0. The summed E-state index contributed by atoms with van der Waals surface area (Å²) in [4.78, 5) is 10.8. The molecular formula is C9H17NO2. The first-order chi connectivity index (χ1) is 5.61. The van der Waals surface area contributed by atoms with Crippen LogP contribution in [0.2, 0.25) is 0 Å². The highest BCUT2D eigenvalue weighted by Gasteiger charge is 2.27. The van der Waals surface area contributed by atoms with E-state index in [9.17, 15) is 9.90 Å². The third-order valence-electron chi connectivity index (χ3n) is 2.68. The van der Waals surface area contributed by atoms with E-state index >= 15 is 0 Å². The van der Waals surface area contributed by atoms with E-state index in [2.05, 4.69) is 0 Å². The summed E-state index contributed by atoms with van der Waals surface area (Å²) in [6.45, 7) is 1.44. The SMILES string of the molecule is CC(=O)[C@H](O)[C@H]1CC[C@H](N)CC1. The van der Waals surface area contributed by atoms with Gasteiger partial charge in [-0.2, -0.15) is 0 Å². The zero-order valence-electron chi connectivity index (χ0n) is 7.49. The zero-order chi connectivity index (χ0) is 9.14. The zero-order valence-corrected chi connectivity index (χ0v) is 7.49. The topological polar surface area (TPSA) is 63.3 Å². The highest BCUT2D eigenvalue weighted by Crippen LogP contribution is 2.26. The normalized spacial score (nSPS) is 32.9. The average molecular weight is 171 g/mol. The number of aliphatic hydroxyl groups excluding tert-OH is 1. The number of nitrogens with two attached hydrogens (primary N) is 1. The first-order valence-corrected chi connectivity index (χ1v) is 4.55. The lowest BCUT2D eigenvalue weighted by Gasteiger charge is -2.28. The molecule has 3 N–H and O–H groups in total. The van der Waals surface area contributed by atoms with E-state index in [4.69, 9.17) is 5.73 Å². The summed E-state index contributed by atoms with van der Waals surface area (Å²) in [5.74, 6) is 0.0396. The minimum Gasteiger partial charge on any atom is -0.385 e. The quantitative estimate of drug-likeness (QED) is 0.634. The van der Waals surface area contributed by atoms with E-state index in [1.807, 2.05) is 0 Å². The molecule has 0 aromatic heterocycles. The number of ketones is 1. The van der Waals surface area contributed by atoms with Gasteiger partial charge in [-0.25, -0.2) is 0 Å². The van der Waals surface area contributed by atoms with Crippen molar-refractivity contribution in [2.24, 2.45) is 11.7 Å². The van der Waals surface area contributed by atoms with Crippen molar-refractivity contribution in [3.63, 3.8) is 0 Å². The maximum Gasteiger partial charge on any atom is 0.158 e. The second kappa shape index (κ2) is 4.01. The Labute approximate surface area is 72.9 Å². The third kappa shape index (κ3) is 2.29. The minimum atomic E-state index is -0.752. The van der Waals surface area contributed by atoms with Gasteiger partial charge in [0.25, 0.3) is 0 Å². The Morgan fingerprint density at radius 2 is 1.92 bits per heavy atom. The molecule has 1 rings (SSSR count). The van der Waals surface area contributed by atoms with Crippen molar-refractivity contribution < 1.29 is 9.90 Å². The van der Waals surface area contributed by atoms with Crippen molar-refractivity contribution in [1.29, 1.82) is 0 Å². The molecular weight excluding hydrogens is 154 g/mol. The molecule has 0 aliphatic heterocycles. The fraction of sp³-hybridized carbons (Fsp3) is 0.889. The van der Waals surface area contributed by atoms with Crippen LogP contribution in [0, 0.1) is 5.92 Å². The molecule has 0 unspecified atom stereocenters. The number of carbonyl (C=O) groups excluding carboxylic acids is 1. The van der Waals surface area contributed by atoms with Crippen LogP contribution < -0.4 is 5.73 Å². The van der Waals surface area contributed by atoms with Gasteiger partial charge in [0.1, 0.15) is 6.10 Å². The minimum absolute atomic E-state index is 0.115. The molecule has 12 heavy (non-hydrogen) atoms. The summed E-state index contributed by atoms with van der Waals surface area (Å²) in [5.41, 5.74) is 5.71. The maximum absolute atomic E-state index is 10.8. The summed E-state index contributed by atoms with van der Waals surface area (Å²) in [5, 5.41) is 9.45. The first kappa shape index (κ1) is 9.68. The van der Waals surface area contributed by atoms with E-state index in [-0.39, 0.29) is 17.7 Å². The van der Waals surface area contributed by atoms with Crippen LogP contribution in [0.4, 0.5) is 0 Å². The summed E-state index contributed by atoms with van der Waals surface area (Å²) in [7, 11) is 0. The Hall–Kier alpha value is -0.410. The molecule has 1 fully saturated rings. The van der Waals surface area contributed by atoms with Gasteiger partial charge in [0.05, 0.1) is 0 Å². The maximum atomic E-state index is 10.8. The molecule has 70 valence electrons. The van der Waals surface area contributed by atoms with Crippen LogP contribution >= 0.6 is 0 Å². The largest absolute Gasteiger partial charge is 0.385 e. The van der Waals surface area contributed by atoms with Crippen molar-refractivity contribution in [2.75, 3.05) is 0 Å². The van der Waals surface area contributed by atoms with Gasteiger partial charge in [-0.15, -0.1) is 0 Å². The molecule has 0 radical (unpaired) electrons. The third-order valence-corrected chi connectivity index (χ3v) is 2.68. The molecule has 3 heteroatoms. The Bertz CT molecular complexity index is 162. The Morgan fingerprint density at radius 1 is 1.42 bits per heavy atom. The second-order valence-corrected chi connectivity index (χ2v) is 3.73. The van der Waals surface area contributed by atoms with E-state index in [1.165, 1.54) is 6.92 Å². The van der Waals surface area contributed by atoms with Gasteiger partial charge in [0, 0.05) is 6.04 Å². The van der Waals surface area contributed by atoms with Gasteiger partial charge in [-0.3, -0.25) is 4.79 Å². The molecule has 1 aliphatic carbocycles. The lowest BCUT2D eigenvalue weighted by atomic mass is 9.82. The summed E-state index contributed by atoms with van der Waals surface area (Å²) in [6, 6.07) is 0.278. The van der Waals surface area contributed by atoms with Gasteiger partial charge in [0.15, 0.2) is 5.78 Å². The van der Waals surface area contributed by atoms with Crippen molar-refractivity contribution in [2.45, 2.75) is 44.8 Å². The Morgan fingerprint density at radius 3 is 2.33 bits per heavy atom. The molecule has 0 amide bonds. The summed E-state index contributed by atoms with van der Waals surface area (Å²) < 4.78 is 0. The predicted molar refractivity (Wildman–Crippen MR) is 46.6 cm³/mol. The van der Waals surface area contributed by atoms with Crippen molar-refractivity contribution in [3.05, 3.63) is 0 Å². The molecule has 0 aromatic rings. The van der Waals surface area contributed by atoms with Crippen LogP contribution in [0.1, 0.15) is 32.6 Å². The smallest absolute Gasteiger partial charge is 0.158 e. The van der Waals surface area contributed by atoms with Gasteiger partial charge in [0.2, 0.25) is 0 Å². The standard InChI is InChI=1S/C9H17NO2/c1-6(11)9(12)7-2-4-8(10)5-3-7/h7-9,12H,2-5,10H2,1H3/t7-,8-,9-/m0/s1. The Balaban J connectivity index is 2.39. The van der Waals surface area contributed by atoms with E-state index in [1.54, 1.807) is 0 Å². The van der Waals surface area contributed by atoms with E-state index < -0.39 is 6.10 Å². The van der Waals surface area contributed by atoms with Crippen molar-refractivity contribution in [3.8, 4) is 0 Å². The lowest BCUT2D eigenvalue weighted by Crippen LogP contribution is -2.34. The van der Waals surface area contributed by atoms with Crippen molar-refractivity contribution in [1.82, 2.24) is 0 Å². The molecule has 1 atom stereocenters. The van der Waals surface area contributed by atoms with Crippen molar-refractivity contribution >= 4 is 5.78 Å². The van der Waals surface area contributed by atoms with Crippen LogP contribution in [0.15, 0.2) is 0 Å². The fourth-order valence-electron chi connectivity index (χ4n) is 1.79. The number of aliphatic hydroxyl groups is 1. The van der Waals surface area contributed by atoms with Crippen LogP contribution in [0.25, 0.3) is 0 Å². The lowest BCUT2D eigenvalue weighted by molar-refractivity contribution is -0.128. The second-order valence-electron chi connectivity index (χ2n) is 3.73. The van der Waals surface area contributed by atoms with E-state index in [0.29, 0.717) is 0 Å². The number of carbonyl (C=O) groups is 1. The number of hydrogen-bond donors (Lipinski definition) is 2. The van der Waals surface area contributed by atoms with Gasteiger partial charge < -0.3 is 10.8 Å². The number of hydrogen-bond acceptors (Lipinski definition) is 3. The molecule has 0 aromatic carbocycles. The van der Waals surface area contributed by atoms with Crippen LogP contribution in [-0.2, 0) is 4.79 Å². The molecule has 1 saturated carbocycles. The van der Waals surface area contributed by atoms with Gasteiger partial charge in [-0.05, 0) is 38.5 Å². The first-order valence-electron chi connectivity index (χ1n) is 4.55. The average Bonchev–Trinajstić information content (AvgIpc) is 2.04. The molecule has 0 saturated heterocycles. The summed E-state index contributed by atoms with van der Waals surface area (Å²) in [6.07, 6.45) is 2.91. The van der Waals surface area contributed by atoms with E-state index in [0.717, 1.165) is 25.7 Å².